The van der Waals surface area contributed by atoms with Crippen molar-refractivity contribution in [2.45, 2.75) is 31.8 Å². The van der Waals surface area contributed by atoms with E-state index in [0.717, 1.165) is 37.1 Å². The van der Waals surface area contributed by atoms with Crippen molar-refractivity contribution in [3.05, 3.63) is 54.0 Å². The van der Waals surface area contributed by atoms with Gasteiger partial charge in [-0.05, 0) is 63.2 Å². The maximum absolute atomic E-state index is 12.6. The SMILES string of the molecule is CN(C)CCCOc1ccc(CN(C(=O)c2ccco2)C2CC2)cc1. The van der Waals surface area contributed by atoms with E-state index in [1.165, 1.54) is 0 Å². The lowest BCUT2D eigenvalue weighted by Gasteiger charge is -2.21. The van der Waals surface area contributed by atoms with Crippen LogP contribution in [0.3, 0.4) is 0 Å². The van der Waals surface area contributed by atoms with Gasteiger partial charge in [-0.3, -0.25) is 4.79 Å². The van der Waals surface area contributed by atoms with Crippen molar-refractivity contribution in [2.75, 3.05) is 27.2 Å². The molecule has 0 radical (unpaired) electrons. The second-order valence-corrected chi connectivity index (χ2v) is 6.79. The Morgan fingerprint density at radius 1 is 1.20 bits per heavy atom. The fraction of sp³-hybridized carbons (Fsp3) is 0.450. The highest BCUT2D eigenvalue weighted by Crippen LogP contribution is 2.30. The molecule has 2 aromatic rings. The Labute approximate surface area is 149 Å². The molecule has 0 aliphatic heterocycles. The van der Waals surface area contributed by atoms with E-state index >= 15 is 0 Å². The van der Waals surface area contributed by atoms with Crippen molar-refractivity contribution in [2.24, 2.45) is 0 Å². The van der Waals surface area contributed by atoms with Crippen LogP contribution in [0.15, 0.2) is 47.1 Å². The first-order valence-electron chi connectivity index (χ1n) is 8.84. The van der Waals surface area contributed by atoms with Gasteiger partial charge >= 0.3 is 0 Å². The number of nitrogens with zero attached hydrogens (tertiary/aromatic N) is 2. The fourth-order valence-electron chi connectivity index (χ4n) is 2.75. The molecule has 0 spiro atoms. The number of amides is 1. The normalized spacial score (nSPS) is 13.9. The van der Waals surface area contributed by atoms with E-state index in [-0.39, 0.29) is 5.91 Å². The van der Waals surface area contributed by atoms with Crippen LogP contribution in [0.25, 0.3) is 0 Å². The minimum atomic E-state index is -0.0310. The van der Waals surface area contributed by atoms with Crippen LogP contribution < -0.4 is 4.74 Å². The van der Waals surface area contributed by atoms with Crippen molar-refractivity contribution in [1.29, 1.82) is 0 Å². The Balaban J connectivity index is 1.55. The highest BCUT2D eigenvalue weighted by Gasteiger charge is 2.34. The van der Waals surface area contributed by atoms with Crippen molar-refractivity contribution < 1.29 is 13.9 Å². The summed E-state index contributed by atoms with van der Waals surface area (Å²) >= 11 is 0. The van der Waals surface area contributed by atoms with E-state index in [2.05, 4.69) is 19.0 Å². The van der Waals surface area contributed by atoms with E-state index < -0.39 is 0 Å². The molecule has 134 valence electrons. The van der Waals surface area contributed by atoms with Gasteiger partial charge in [-0.25, -0.2) is 0 Å². The average Bonchev–Trinajstić information content (AvgIpc) is 3.30. The van der Waals surface area contributed by atoms with Gasteiger partial charge in [0.2, 0.25) is 0 Å². The molecule has 0 bridgehead atoms. The number of furan rings is 1. The van der Waals surface area contributed by atoms with Crippen molar-refractivity contribution in [3.63, 3.8) is 0 Å². The zero-order valence-electron chi connectivity index (χ0n) is 15.0. The van der Waals surface area contributed by atoms with Gasteiger partial charge in [-0.2, -0.15) is 0 Å². The van der Waals surface area contributed by atoms with Crippen LogP contribution in [0.1, 0.15) is 35.4 Å². The summed E-state index contributed by atoms with van der Waals surface area (Å²) in [5.41, 5.74) is 1.10. The summed E-state index contributed by atoms with van der Waals surface area (Å²) < 4.78 is 11.0. The van der Waals surface area contributed by atoms with Gasteiger partial charge in [0.15, 0.2) is 5.76 Å². The van der Waals surface area contributed by atoms with E-state index in [4.69, 9.17) is 9.15 Å². The van der Waals surface area contributed by atoms with Crippen LogP contribution in [-0.2, 0) is 6.54 Å². The third kappa shape index (κ3) is 5.10. The zero-order chi connectivity index (χ0) is 17.6. The molecule has 1 saturated carbocycles. The first-order valence-corrected chi connectivity index (χ1v) is 8.84. The Hall–Kier alpha value is -2.27. The van der Waals surface area contributed by atoms with Crippen molar-refractivity contribution in [1.82, 2.24) is 9.80 Å². The van der Waals surface area contributed by atoms with Gasteiger partial charge in [0.1, 0.15) is 5.75 Å². The third-order valence-corrected chi connectivity index (χ3v) is 4.28. The number of rotatable bonds is 9. The van der Waals surface area contributed by atoms with Gasteiger partial charge in [0.25, 0.3) is 5.91 Å². The molecule has 1 aromatic heterocycles. The number of hydrogen-bond donors (Lipinski definition) is 0. The van der Waals surface area contributed by atoms with Crippen LogP contribution >= 0.6 is 0 Å². The van der Waals surface area contributed by atoms with Gasteiger partial charge < -0.3 is 19.0 Å². The van der Waals surface area contributed by atoms with Gasteiger partial charge in [0, 0.05) is 19.1 Å². The highest BCUT2D eigenvalue weighted by atomic mass is 16.5. The molecule has 0 N–H and O–H groups in total. The molecule has 1 aliphatic carbocycles. The van der Waals surface area contributed by atoms with Crippen LogP contribution in [0.5, 0.6) is 5.75 Å². The molecule has 5 heteroatoms. The fourth-order valence-corrected chi connectivity index (χ4v) is 2.75. The summed E-state index contributed by atoms with van der Waals surface area (Å²) in [4.78, 5) is 16.6. The predicted octanol–water partition coefficient (Wildman–Crippen LogP) is 3.41. The maximum atomic E-state index is 12.6. The monoisotopic (exact) mass is 342 g/mol. The molecule has 1 fully saturated rings. The highest BCUT2D eigenvalue weighted by molar-refractivity contribution is 5.91. The van der Waals surface area contributed by atoms with E-state index in [9.17, 15) is 4.79 Å². The summed E-state index contributed by atoms with van der Waals surface area (Å²) in [7, 11) is 4.12. The first kappa shape index (κ1) is 17.5. The lowest BCUT2D eigenvalue weighted by atomic mass is 10.2. The van der Waals surface area contributed by atoms with Gasteiger partial charge in [-0.1, -0.05) is 12.1 Å². The Bertz CT molecular complexity index is 661. The standard InChI is InChI=1S/C20H26N2O3/c1-21(2)12-4-14-24-18-10-6-16(7-11-18)15-22(17-8-9-17)20(23)19-5-3-13-25-19/h3,5-7,10-11,13,17H,4,8-9,12,14-15H2,1-2H3. The van der Waals surface area contributed by atoms with E-state index in [1.54, 1.807) is 18.4 Å². The van der Waals surface area contributed by atoms with Crippen LogP contribution in [0.4, 0.5) is 0 Å². The number of benzene rings is 1. The Morgan fingerprint density at radius 3 is 2.56 bits per heavy atom. The Morgan fingerprint density at radius 2 is 1.96 bits per heavy atom. The molecule has 3 rings (SSSR count). The zero-order valence-corrected chi connectivity index (χ0v) is 15.0. The third-order valence-electron chi connectivity index (χ3n) is 4.28. The van der Waals surface area contributed by atoms with Crippen LogP contribution in [0, 0.1) is 0 Å². The predicted molar refractivity (Wildman–Crippen MR) is 96.7 cm³/mol. The van der Waals surface area contributed by atoms with Crippen molar-refractivity contribution >= 4 is 5.91 Å². The lowest BCUT2D eigenvalue weighted by Crippen LogP contribution is -2.32. The van der Waals surface area contributed by atoms with Gasteiger partial charge in [-0.15, -0.1) is 0 Å². The molecule has 25 heavy (non-hydrogen) atoms. The molecule has 0 unspecified atom stereocenters. The van der Waals surface area contributed by atoms with E-state index in [1.807, 2.05) is 29.2 Å². The topological polar surface area (TPSA) is 45.9 Å². The van der Waals surface area contributed by atoms with Crippen LogP contribution in [-0.4, -0.2) is 49.0 Å². The molecule has 1 heterocycles. The molecule has 5 nitrogen and oxygen atoms in total. The summed E-state index contributed by atoms with van der Waals surface area (Å²) in [6.45, 7) is 2.33. The summed E-state index contributed by atoms with van der Waals surface area (Å²) in [5.74, 6) is 1.25. The molecule has 1 amide bonds. The molecular formula is C20H26N2O3. The smallest absolute Gasteiger partial charge is 0.290 e. The molecular weight excluding hydrogens is 316 g/mol. The number of carbonyl (C=O) groups is 1. The maximum Gasteiger partial charge on any atom is 0.290 e. The average molecular weight is 342 g/mol. The second kappa shape index (κ2) is 8.21. The second-order valence-electron chi connectivity index (χ2n) is 6.79. The summed E-state index contributed by atoms with van der Waals surface area (Å²) in [6, 6.07) is 11.8. The Kier molecular flexibility index (Phi) is 5.76. The minimum Gasteiger partial charge on any atom is -0.494 e. The van der Waals surface area contributed by atoms with Gasteiger partial charge in [0.05, 0.1) is 12.9 Å². The number of carbonyl (C=O) groups excluding carboxylic acids is 1. The lowest BCUT2D eigenvalue weighted by molar-refractivity contribution is 0.0697. The van der Waals surface area contributed by atoms with Crippen LogP contribution in [0.2, 0.25) is 0 Å². The first-order chi connectivity index (χ1) is 12.1. The molecule has 0 saturated heterocycles. The molecule has 0 atom stereocenters. The number of hydrogen-bond acceptors (Lipinski definition) is 4. The number of ether oxygens (including phenoxy) is 1. The molecule has 1 aromatic carbocycles. The van der Waals surface area contributed by atoms with Crippen molar-refractivity contribution in [3.8, 4) is 5.75 Å². The largest absolute Gasteiger partial charge is 0.494 e. The quantitative estimate of drug-likeness (QED) is 0.655. The summed E-state index contributed by atoms with van der Waals surface area (Å²) in [5, 5.41) is 0. The van der Waals surface area contributed by atoms with E-state index in [0.29, 0.717) is 25.0 Å². The summed E-state index contributed by atoms with van der Waals surface area (Å²) in [6.07, 6.45) is 4.68. The minimum absolute atomic E-state index is 0.0310. The molecule has 1 aliphatic rings.